The summed E-state index contributed by atoms with van der Waals surface area (Å²) in [5, 5.41) is 10.9. The summed E-state index contributed by atoms with van der Waals surface area (Å²) < 4.78 is 28.3. The van der Waals surface area contributed by atoms with Gasteiger partial charge in [-0.15, -0.1) is 0 Å². The number of hydrogen-bond acceptors (Lipinski definition) is 7. The molecule has 0 aromatic heterocycles. The molecule has 0 bridgehead atoms. The number of methoxy groups -OCH3 is 2. The topological polar surface area (TPSA) is 69.6 Å². The van der Waals surface area contributed by atoms with Gasteiger partial charge in [-0.2, -0.15) is 0 Å². The first-order valence-electron chi connectivity index (χ1n) is 9.33. The molecule has 7 nitrogen and oxygen atoms in total. The van der Waals surface area contributed by atoms with Crippen molar-refractivity contribution in [3.63, 3.8) is 0 Å². The zero-order chi connectivity index (χ0) is 19.4. The number of aliphatic hydroxyl groups excluding tert-OH is 1. The van der Waals surface area contributed by atoms with Crippen molar-refractivity contribution in [1.29, 1.82) is 0 Å². The van der Waals surface area contributed by atoms with Gasteiger partial charge in [-0.3, -0.25) is 4.90 Å². The average molecular weight is 385 g/mol. The predicted molar refractivity (Wildman–Crippen MR) is 100.0 cm³/mol. The van der Waals surface area contributed by atoms with Gasteiger partial charge >= 0.3 is 0 Å². The molecule has 0 amide bonds. The number of fused-ring (bicyclic) bond motifs is 7. The Labute approximate surface area is 163 Å². The average Bonchev–Trinajstić information content (AvgIpc) is 3.14. The van der Waals surface area contributed by atoms with Gasteiger partial charge in [0.1, 0.15) is 6.10 Å². The summed E-state index contributed by atoms with van der Waals surface area (Å²) in [6.45, 7) is 0.999. The SMILES string of the molecule is COc1cc2c(cc1OC)C1OC(O)c3c(ccc4c3OCO4)C1N(C)CC2. The van der Waals surface area contributed by atoms with Gasteiger partial charge in [0.05, 0.1) is 25.8 Å². The lowest BCUT2D eigenvalue weighted by Gasteiger charge is -2.40. The van der Waals surface area contributed by atoms with E-state index in [4.69, 9.17) is 23.7 Å². The van der Waals surface area contributed by atoms with E-state index in [9.17, 15) is 5.11 Å². The van der Waals surface area contributed by atoms with Crippen molar-refractivity contribution in [1.82, 2.24) is 4.90 Å². The molecule has 0 fully saturated rings. The van der Waals surface area contributed by atoms with Gasteiger partial charge in [-0.25, -0.2) is 0 Å². The van der Waals surface area contributed by atoms with Gasteiger partial charge in [0, 0.05) is 6.54 Å². The van der Waals surface area contributed by atoms with Gasteiger partial charge < -0.3 is 28.8 Å². The lowest BCUT2D eigenvalue weighted by Crippen LogP contribution is -2.35. The van der Waals surface area contributed by atoms with E-state index in [0.29, 0.717) is 28.6 Å². The smallest absolute Gasteiger partial charge is 0.231 e. The Morgan fingerprint density at radius 3 is 2.64 bits per heavy atom. The predicted octanol–water partition coefficient (Wildman–Crippen LogP) is 2.72. The fourth-order valence-electron chi connectivity index (χ4n) is 4.53. The molecule has 0 saturated carbocycles. The van der Waals surface area contributed by atoms with Crippen LogP contribution in [0.1, 0.15) is 40.7 Å². The number of ether oxygens (including phenoxy) is 5. The first kappa shape index (κ1) is 17.6. The third-order valence-electron chi connectivity index (χ3n) is 5.90. The minimum Gasteiger partial charge on any atom is -0.493 e. The van der Waals surface area contributed by atoms with E-state index < -0.39 is 6.29 Å². The molecule has 2 aromatic rings. The molecular formula is C21H23NO6. The van der Waals surface area contributed by atoms with Crippen LogP contribution in [-0.4, -0.2) is 44.6 Å². The zero-order valence-corrected chi connectivity index (χ0v) is 16.1. The van der Waals surface area contributed by atoms with Crippen molar-refractivity contribution < 1.29 is 28.8 Å². The third kappa shape index (κ3) is 2.47. The first-order valence-corrected chi connectivity index (χ1v) is 9.33. The quantitative estimate of drug-likeness (QED) is 0.852. The summed E-state index contributed by atoms with van der Waals surface area (Å²) in [5.74, 6) is 2.57. The molecule has 0 saturated heterocycles. The van der Waals surface area contributed by atoms with E-state index in [1.807, 2.05) is 24.3 Å². The van der Waals surface area contributed by atoms with Crippen molar-refractivity contribution in [3.05, 3.63) is 46.5 Å². The van der Waals surface area contributed by atoms with E-state index in [-0.39, 0.29) is 18.9 Å². The van der Waals surface area contributed by atoms with Crippen LogP contribution < -0.4 is 18.9 Å². The molecule has 7 heteroatoms. The number of rotatable bonds is 2. The van der Waals surface area contributed by atoms with Crippen molar-refractivity contribution in [3.8, 4) is 23.0 Å². The molecule has 28 heavy (non-hydrogen) atoms. The number of aliphatic hydroxyl groups is 1. The highest BCUT2D eigenvalue weighted by atomic mass is 16.7. The highest BCUT2D eigenvalue weighted by Gasteiger charge is 2.43. The first-order chi connectivity index (χ1) is 13.6. The van der Waals surface area contributed by atoms with Crippen LogP contribution in [0.15, 0.2) is 24.3 Å². The molecule has 1 N–H and O–H groups in total. The molecule has 3 aliphatic heterocycles. The van der Waals surface area contributed by atoms with Crippen molar-refractivity contribution in [2.24, 2.45) is 0 Å². The van der Waals surface area contributed by atoms with E-state index >= 15 is 0 Å². The third-order valence-corrected chi connectivity index (χ3v) is 5.90. The molecule has 148 valence electrons. The van der Waals surface area contributed by atoms with E-state index in [1.54, 1.807) is 14.2 Å². The van der Waals surface area contributed by atoms with Crippen molar-refractivity contribution in [2.45, 2.75) is 24.9 Å². The van der Waals surface area contributed by atoms with Crippen molar-refractivity contribution >= 4 is 0 Å². The van der Waals surface area contributed by atoms with Crippen LogP contribution >= 0.6 is 0 Å². The number of hydrogen-bond donors (Lipinski definition) is 1. The fourth-order valence-corrected chi connectivity index (χ4v) is 4.53. The maximum atomic E-state index is 10.9. The van der Waals surface area contributed by atoms with Gasteiger partial charge in [0.25, 0.3) is 0 Å². The highest BCUT2D eigenvalue weighted by molar-refractivity contribution is 5.56. The second kappa shape index (κ2) is 6.55. The lowest BCUT2D eigenvalue weighted by atomic mass is 9.87. The number of likely N-dealkylation sites (N-methyl/N-ethyl adjacent to an activating group) is 1. The van der Waals surface area contributed by atoms with Crippen LogP contribution in [-0.2, 0) is 11.2 Å². The Kier molecular flexibility index (Phi) is 4.12. The molecule has 0 aliphatic carbocycles. The van der Waals surface area contributed by atoms with E-state index in [2.05, 4.69) is 11.9 Å². The minimum absolute atomic E-state index is 0.0627. The second-order valence-electron chi connectivity index (χ2n) is 7.29. The summed E-state index contributed by atoms with van der Waals surface area (Å²) >= 11 is 0. The van der Waals surface area contributed by atoms with E-state index in [1.165, 1.54) is 0 Å². The largest absolute Gasteiger partial charge is 0.493 e. The molecular weight excluding hydrogens is 362 g/mol. The monoisotopic (exact) mass is 385 g/mol. The Hall–Kier alpha value is -2.48. The molecule has 2 aromatic carbocycles. The molecule has 3 aliphatic rings. The molecule has 0 radical (unpaired) electrons. The minimum atomic E-state index is -1.10. The number of nitrogens with zero attached hydrogens (tertiary/aromatic N) is 1. The maximum Gasteiger partial charge on any atom is 0.231 e. The number of benzene rings is 2. The van der Waals surface area contributed by atoms with Gasteiger partial charge in [-0.1, -0.05) is 6.07 Å². The zero-order valence-electron chi connectivity index (χ0n) is 16.1. The molecule has 3 atom stereocenters. The summed E-state index contributed by atoms with van der Waals surface area (Å²) in [6, 6.07) is 7.83. The highest BCUT2D eigenvalue weighted by Crippen LogP contribution is 2.54. The molecule has 0 spiro atoms. The Morgan fingerprint density at radius 2 is 1.86 bits per heavy atom. The van der Waals surface area contributed by atoms with Crippen LogP contribution in [0.25, 0.3) is 0 Å². The Balaban J connectivity index is 1.68. The molecule has 3 unspecified atom stereocenters. The van der Waals surface area contributed by atoms with Crippen molar-refractivity contribution in [2.75, 3.05) is 34.6 Å². The van der Waals surface area contributed by atoms with Crippen LogP contribution in [0, 0.1) is 0 Å². The van der Waals surface area contributed by atoms with Gasteiger partial charge in [0.15, 0.2) is 29.3 Å². The summed E-state index contributed by atoms with van der Waals surface area (Å²) in [7, 11) is 5.33. The van der Waals surface area contributed by atoms with Crippen LogP contribution in [0.4, 0.5) is 0 Å². The summed E-state index contributed by atoms with van der Waals surface area (Å²) in [6.07, 6.45) is -0.594. The lowest BCUT2D eigenvalue weighted by molar-refractivity contribution is -0.174. The fraction of sp³-hybridized carbons (Fsp3) is 0.429. The van der Waals surface area contributed by atoms with Crippen LogP contribution in [0.3, 0.4) is 0 Å². The maximum absolute atomic E-state index is 10.9. The second-order valence-corrected chi connectivity index (χ2v) is 7.29. The van der Waals surface area contributed by atoms with Crippen LogP contribution in [0.2, 0.25) is 0 Å². The summed E-state index contributed by atoms with van der Waals surface area (Å²) in [4.78, 5) is 2.26. The Morgan fingerprint density at radius 1 is 1.07 bits per heavy atom. The molecule has 3 heterocycles. The normalized spacial score (nSPS) is 25.4. The summed E-state index contributed by atoms with van der Waals surface area (Å²) in [5.41, 5.74) is 3.80. The standard InChI is InChI=1S/C21H23NO6/c1-22-7-6-11-8-15(24-2)16(25-3)9-13(11)19-18(22)12-4-5-14-20(27-10-26-14)17(12)21(23)28-19/h4-5,8-9,18-19,21,23H,6-7,10H2,1-3H3. The van der Waals surface area contributed by atoms with Crippen LogP contribution in [0.5, 0.6) is 23.0 Å². The van der Waals surface area contributed by atoms with E-state index in [0.717, 1.165) is 29.7 Å². The molecule has 5 rings (SSSR count). The van der Waals surface area contributed by atoms with Gasteiger partial charge in [0.2, 0.25) is 6.79 Å². The Bertz CT molecular complexity index is 930. The van der Waals surface area contributed by atoms with Gasteiger partial charge in [-0.05, 0) is 48.4 Å².